The Hall–Kier alpha value is -0.280. The molecule has 0 atom stereocenters. The molecular weight excluding hydrogens is 267 g/mol. The highest BCUT2D eigenvalue weighted by molar-refractivity contribution is 6.35. The molecule has 1 aromatic carbocycles. The Morgan fingerprint density at radius 2 is 2.00 bits per heavy atom. The summed E-state index contributed by atoms with van der Waals surface area (Å²) < 4.78 is 0. The van der Waals surface area contributed by atoms with E-state index in [1.54, 1.807) is 6.07 Å². The lowest BCUT2D eigenvalue weighted by Gasteiger charge is -2.47. The van der Waals surface area contributed by atoms with Crippen molar-refractivity contribution >= 4 is 23.2 Å². The first-order chi connectivity index (χ1) is 8.53. The minimum Gasteiger partial charge on any atom is -0.311 e. The molecule has 2 nitrogen and oxygen atoms in total. The summed E-state index contributed by atoms with van der Waals surface area (Å²) in [5, 5.41) is 4.94. The number of likely N-dealkylation sites (N-methyl/N-ethyl adjacent to an activating group) is 1. The van der Waals surface area contributed by atoms with Gasteiger partial charge < -0.3 is 10.2 Å². The van der Waals surface area contributed by atoms with Gasteiger partial charge in [0.15, 0.2) is 0 Å². The molecule has 1 aliphatic carbocycles. The van der Waals surface area contributed by atoms with Gasteiger partial charge in [-0.1, -0.05) is 29.3 Å². The first kappa shape index (κ1) is 14.1. The second-order valence-corrected chi connectivity index (χ2v) is 6.16. The highest BCUT2D eigenvalue weighted by Gasteiger charge is 2.38. The minimum absolute atomic E-state index is 0.346. The van der Waals surface area contributed by atoms with E-state index < -0.39 is 0 Å². The van der Waals surface area contributed by atoms with Crippen LogP contribution in [-0.4, -0.2) is 31.1 Å². The fourth-order valence-electron chi connectivity index (χ4n) is 2.46. The summed E-state index contributed by atoms with van der Waals surface area (Å²) in [6, 6.07) is 5.67. The number of rotatable bonds is 5. The van der Waals surface area contributed by atoms with Crippen molar-refractivity contribution in [1.82, 2.24) is 10.2 Å². The summed E-state index contributed by atoms with van der Waals surface area (Å²) in [5.74, 6) is 0. The molecule has 0 spiro atoms. The van der Waals surface area contributed by atoms with E-state index in [1.165, 1.54) is 19.3 Å². The predicted octanol–water partition coefficient (Wildman–Crippen LogP) is 3.57. The summed E-state index contributed by atoms with van der Waals surface area (Å²) in [7, 11) is 4.33. The van der Waals surface area contributed by atoms with Crippen LogP contribution in [0.15, 0.2) is 18.2 Å². The van der Waals surface area contributed by atoms with Gasteiger partial charge in [0.25, 0.3) is 0 Å². The zero-order valence-electron chi connectivity index (χ0n) is 11.0. The molecule has 0 amide bonds. The van der Waals surface area contributed by atoms with Crippen LogP contribution < -0.4 is 5.32 Å². The van der Waals surface area contributed by atoms with Crippen molar-refractivity contribution < 1.29 is 0 Å². The third-order valence-electron chi connectivity index (χ3n) is 4.02. The predicted molar refractivity (Wildman–Crippen MR) is 78.4 cm³/mol. The number of benzene rings is 1. The van der Waals surface area contributed by atoms with Crippen LogP contribution in [0.4, 0.5) is 0 Å². The van der Waals surface area contributed by atoms with E-state index in [0.717, 1.165) is 23.7 Å². The Morgan fingerprint density at radius 3 is 2.50 bits per heavy atom. The fraction of sp³-hybridized carbons (Fsp3) is 0.571. The molecule has 0 bridgehead atoms. The molecular formula is C14H20Cl2N2. The summed E-state index contributed by atoms with van der Waals surface area (Å²) in [5.41, 5.74) is 1.45. The van der Waals surface area contributed by atoms with Gasteiger partial charge in [0.2, 0.25) is 0 Å². The van der Waals surface area contributed by atoms with Gasteiger partial charge in [-0.25, -0.2) is 0 Å². The zero-order valence-corrected chi connectivity index (χ0v) is 12.5. The largest absolute Gasteiger partial charge is 0.311 e. The Labute approximate surface area is 119 Å². The molecule has 4 heteroatoms. The number of nitrogens with zero attached hydrogens (tertiary/aromatic N) is 1. The third kappa shape index (κ3) is 3.00. The summed E-state index contributed by atoms with van der Waals surface area (Å²) in [4.78, 5) is 2.34. The van der Waals surface area contributed by atoms with Gasteiger partial charge in [-0.05, 0) is 51.1 Å². The molecule has 1 aliphatic rings. The van der Waals surface area contributed by atoms with Crippen LogP contribution in [0, 0.1) is 0 Å². The van der Waals surface area contributed by atoms with Gasteiger partial charge in [0.05, 0.1) is 0 Å². The smallest absolute Gasteiger partial charge is 0.0465 e. The molecule has 1 saturated carbocycles. The Kier molecular flexibility index (Phi) is 4.54. The molecule has 0 saturated heterocycles. The van der Waals surface area contributed by atoms with Crippen LogP contribution in [0.1, 0.15) is 24.8 Å². The molecule has 0 unspecified atom stereocenters. The van der Waals surface area contributed by atoms with E-state index in [4.69, 9.17) is 23.2 Å². The van der Waals surface area contributed by atoms with Crippen molar-refractivity contribution in [3.05, 3.63) is 33.8 Å². The molecule has 1 N–H and O–H groups in total. The second kappa shape index (κ2) is 5.79. The maximum absolute atomic E-state index is 6.16. The number of hydrogen-bond donors (Lipinski definition) is 1. The monoisotopic (exact) mass is 286 g/mol. The third-order valence-corrected chi connectivity index (χ3v) is 4.60. The Balaban J connectivity index is 1.88. The summed E-state index contributed by atoms with van der Waals surface area (Å²) in [6.07, 6.45) is 3.89. The van der Waals surface area contributed by atoms with Gasteiger partial charge in [0, 0.05) is 28.7 Å². The average Bonchev–Trinajstić information content (AvgIpc) is 2.24. The van der Waals surface area contributed by atoms with Crippen LogP contribution in [0.5, 0.6) is 0 Å². The van der Waals surface area contributed by atoms with Gasteiger partial charge >= 0.3 is 0 Å². The van der Waals surface area contributed by atoms with Crippen molar-refractivity contribution in [2.24, 2.45) is 0 Å². The quantitative estimate of drug-likeness (QED) is 0.890. The SMILES string of the molecule is CN(C)C1(CNCc2ccc(Cl)cc2Cl)CCC1. The second-order valence-electron chi connectivity index (χ2n) is 5.31. The first-order valence-corrected chi connectivity index (χ1v) is 7.11. The summed E-state index contributed by atoms with van der Waals surface area (Å²) >= 11 is 12.0. The van der Waals surface area contributed by atoms with Gasteiger partial charge in [-0.15, -0.1) is 0 Å². The Morgan fingerprint density at radius 1 is 1.28 bits per heavy atom. The molecule has 0 aromatic heterocycles. The van der Waals surface area contributed by atoms with E-state index >= 15 is 0 Å². The van der Waals surface area contributed by atoms with Crippen LogP contribution in [0.3, 0.4) is 0 Å². The van der Waals surface area contributed by atoms with E-state index in [1.807, 2.05) is 12.1 Å². The lowest BCUT2D eigenvalue weighted by atomic mass is 9.75. The van der Waals surface area contributed by atoms with Crippen molar-refractivity contribution in [2.75, 3.05) is 20.6 Å². The lowest BCUT2D eigenvalue weighted by Crippen LogP contribution is -2.56. The fourth-order valence-corrected chi connectivity index (χ4v) is 2.94. The van der Waals surface area contributed by atoms with Crippen LogP contribution in [-0.2, 0) is 6.54 Å². The normalized spacial score (nSPS) is 17.8. The van der Waals surface area contributed by atoms with Gasteiger partial charge in [0.1, 0.15) is 0 Å². The van der Waals surface area contributed by atoms with Crippen molar-refractivity contribution in [3.8, 4) is 0 Å². The number of halogens is 2. The topological polar surface area (TPSA) is 15.3 Å². The van der Waals surface area contributed by atoms with Crippen LogP contribution in [0.2, 0.25) is 10.0 Å². The van der Waals surface area contributed by atoms with Crippen LogP contribution >= 0.6 is 23.2 Å². The van der Waals surface area contributed by atoms with E-state index in [-0.39, 0.29) is 0 Å². The van der Waals surface area contributed by atoms with Crippen molar-refractivity contribution in [2.45, 2.75) is 31.3 Å². The molecule has 1 aromatic rings. The molecule has 100 valence electrons. The average molecular weight is 287 g/mol. The molecule has 1 fully saturated rings. The molecule has 0 radical (unpaired) electrons. The number of nitrogens with one attached hydrogen (secondary N) is 1. The van der Waals surface area contributed by atoms with Crippen LogP contribution in [0.25, 0.3) is 0 Å². The molecule has 2 rings (SSSR count). The van der Waals surface area contributed by atoms with E-state index in [0.29, 0.717) is 10.6 Å². The van der Waals surface area contributed by atoms with Crippen molar-refractivity contribution in [1.29, 1.82) is 0 Å². The lowest BCUT2D eigenvalue weighted by molar-refractivity contribution is 0.0598. The van der Waals surface area contributed by atoms with Gasteiger partial charge in [-0.3, -0.25) is 0 Å². The minimum atomic E-state index is 0.346. The van der Waals surface area contributed by atoms with Crippen molar-refractivity contribution in [3.63, 3.8) is 0 Å². The molecule has 0 aliphatic heterocycles. The maximum Gasteiger partial charge on any atom is 0.0465 e. The first-order valence-electron chi connectivity index (χ1n) is 6.36. The summed E-state index contributed by atoms with van der Waals surface area (Å²) in [6.45, 7) is 1.81. The van der Waals surface area contributed by atoms with Gasteiger partial charge in [-0.2, -0.15) is 0 Å². The Bertz CT molecular complexity index is 414. The standard InChI is InChI=1S/C14H20Cl2N2/c1-18(2)14(6-3-7-14)10-17-9-11-4-5-12(15)8-13(11)16/h4-5,8,17H,3,6-7,9-10H2,1-2H3. The molecule has 0 heterocycles. The highest BCUT2D eigenvalue weighted by atomic mass is 35.5. The van der Waals surface area contributed by atoms with E-state index in [2.05, 4.69) is 24.3 Å². The number of hydrogen-bond acceptors (Lipinski definition) is 2. The highest BCUT2D eigenvalue weighted by Crippen LogP contribution is 2.35. The van der Waals surface area contributed by atoms with E-state index in [9.17, 15) is 0 Å². The zero-order chi connectivity index (χ0) is 13.2. The maximum atomic E-state index is 6.16. The molecule has 18 heavy (non-hydrogen) atoms.